The van der Waals surface area contributed by atoms with Crippen LogP contribution in [0.4, 0.5) is 11.5 Å². The molecule has 0 radical (unpaired) electrons. The van der Waals surface area contributed by atoms with Crippen molar-refractivity contribution in [2.45, 2.75) is 35.7 Å². The lowest BCUT2D eigenvalue weighted by molar-refractivity contribution is 0.142. The molecule has 3 aliphatic rings. The number of hydrogen-bond donors (Lipinski definition) is 2. The zero-order chi connectivity index (χ0) is 21.2. The van der Waals surface area contributed by atoms with Gasteiger partial charge in [0.15, 0.2) is 22.6 Å². The molecule has 1 unspecified atom stereocenters. The first kappa shape index (κ1) is 18.8. The van der Waals surface area contributed by atoms with E-state index < -0.39 is 11.0 Å². The van der Waals surface area contributed by atoms with E-state index in [2.05, 4.69) is 38.0 Å². The highest BCUT2D eigenvalue weighted by Crippen LogP contribution is 2.58. The van der Waals surface area contributed by atoms with Gasteiger partial charge >= 0.3 is 0 Å². The average Bonchev–Trinajstić information content (AvgIpc) is 3.43. The van der Waals surface area contributed by atoms with Gasteiger partial charge in [0.05, 0.1) is 13.2 Å². The molecule has 3 heterocycles. The van der Waals surface area contributed by atoms with Crippen molar-refractivity contribution in [3.63, 3.8) is 0 Å². The van der Waals surface area contributed by atoms with Gasteiger partial charge in [0.1, 0.15) is 4.90 Å². The predicted octanol–water partition coefficient (Wildman–Crippen LogP) is 2.65. The summed E-state index contributed by atoms with van der Waals surface area (Å²) in [4.78, 5) is 6.73. The monoisotopic (exact) mass is 438 g/mol. The number of pyridine rings is 1. The number of nitrogens with zero attached hydrogens (tertiary/aromatic N) is 3. The summed E-state index contributed by atoms with van der Waals surface area (Å²) in [6.07, 6.45) is 4.38. The summed E-state index contributed by atoms with van der Waals surface area (Å²) in [5.74, 6) is 1.55. The maximum atomic E-state index is 13.0. The number of rotatable bonds is 5. The van der Waals surface area contributed by atoms with Crippen LogP contribution < -0.4 is 14.4 Å². The third kappa shape index (κ3) is 2.95. The van der Waals surface area contributed by atoms with Crippen LogP contribution in [0.2, 0.25) is 0 Å². The Labute approximate surface area is 181 Å². The lowest BCUT2D eigenvalue weighted by atomic mass is 9.79. The van der Waals surface area contributed by atoms with E-state index in [1.807, 2.05) is 0 Å². The number of fused-ring (bicyclic) bond motifs is 4. The van der Waals surface area contributed by atoms with Crippen molar-refractivity contribution >= 4 is 22.5 Å². The van der Waals surface area contributed by atoms with Gasteiger partial charge in [-0.2, -0.15) is 0 Å². The van der Waals surface area contributed by atoms with E-state index in [9.17, 15) is 9.32 Å². The van der Waals surface area contributed by atoms with Gasteiger partial charge in [0, 0.05) is 41.5 Å². The fourth-order valence-electron chi connectivity index (χ4n) is 4.65. The smallest absolute Gasteiger partial charge is 0.231 e. The van der Waals surface area contributed by atoms with Crippen LogP contribution in [0.25, 0.3) is 11.3 Å². The zero-order valence-corrected chi connectivity index (χ0v) is 17.8. The Morgan fingerprint density at radius 1 is 1.32 bits per heavy atom. The maximum Gasteiger partial charge on any atom is 0.231 e. The summed E-state index contributed by atoms with van der Waals surface area (Å²) >= 11 is 0. The van der Waals surface area contributed by atoms with Crippen molar-refractivity contribution in [3.05, 3.63) is 47.7 Å². The van der Waals surface area contributed by atoms with Crippen molar-refractivity contribution in [2.75, 3.05) is 29.8 Å². The lowest BCUT2D eigenvalue weighted by Gasteiger charge is -2.38. The molecule has 0 bridgehead atoms. The first-order chi connectivity index (χ1) is 15.1. The number of aliphatic hydroxyl groups is 1. The Morgan fingerprint density at radius 3 is 2.90 bits per heavy atom. The third-order valence-corrected chi connectivity index (χ3v) is 7.61. The molecule has 31 heavy (non-hydrogen) atoms. The highest BCUT2D eigenvalue weighted by molar-refractivity contribution is 7.86. The molecule has 1 spiro atoms. The fourth-order valence-corrected chi connectivity index (χ4v) is 5.60. The van der Waals surface area contributed by atoms with Crippen LogP contribution in [0.3, 0.4) is 0 Å². The summed E-state index contributed by atoms with van der Waals surface area (Å²) in [6.45, 7) is 1.29. The van der Waals surface area contributed by atoms with E-state index in [1.165, 1.54) is 12.7 Å². The average molecular weight is 439 g/mol. The topological polar surface area (TPSA) is 101 Å². The SMILES string of the molecule is COc1ncccc1S(=O)Nc1noc2c1CC1(CC1)c1ccc(N3CC(O)C3)cc1-2. The second kappa shape index (κ2) is 6.80. The minimum atomic E-state index is -1.59. The van der Waals surface area contributed by atoms with Gasteiger partial charge in [0.25, 0.3) is 0 Å². The van der Waals surface area contributed by atoms with Gasteiger partial charge in [-0.1, -0.05) is 11.2 Å². The van der Waals surface area contributed by atoms with E-state index in [0.29, 0.717) is 29.7 Å². The molecular weight excluding hydrogens is 416 g/mol. The van der Waals surface area contributed by atoms with Crippen LogP contribution in [0.1, 0.15) is 24.0 Å². The number of methoxy groups -OCH3 is 1. The third-order valence-electron chi connectivity index (χ3n) is 6.52. The summed E-state index contributed by atoms with van der Waals surface area (Å²) in [6, 6.07) is 9.90. The first-order valence-electron chi connectivity index (χ1n) is 10.3. The Kier molecular flexibility index (Phi) is 4.13. The van der Waals surface area contributed by atoms with Gasteiger partial charge in [-0.15, -0.1) is 0 Å². The van der Waals surface area contributed by atoms with Crippen molar-refractivity contribution in [2.24, 2.45) is 0 Å². The summed E-state index contributed by atoms with van der Waals surface area (Å²) in [5, 5.41) is 13.9. The second-order valence-electron chi connectivity index (χ2n) is 8.47. The molecule has 1 saturated carbocycles. The summed E-state index contributed by atoms with van der Waals surface area (Å²) < 4.78 is 27.0. The van der Waals surface area contributed by atoms with Gasteiger partial charge in [0.2, 0.25) is 5.88 Å². The maximum absolute atomic E-state index is 13.0. The highest BCUT2D eigenvalue weighted by atomic mass is 32.2. The molecule has 2 aromatic heterocycles. The van der Waals surface area contributed by atoms with Crippen molar-refractivity contribution in [1.82, 2.24) is 10.1 Å². The quantitative estimate of drug-likeness (QED) is 0.632. The molecule has 0 amide bonds. The molecule has 160 valence electrons. The Morgan fingerprint density at radius 2 is 2.16 bits per heavy atom. The fraction of sp³-hybridized carbons (Fsp3) is 0.364. The van der Waals surface area contributed by atoms with Crippen molar-refractivity contribution < 1.29 is 18.6 Å². The molecule has 8 nitrogen and oxygen atoms in total. The van der Waals surface area contributed by atoms with E-state index in [1.54, 1.807) is 18.3 Å². The van der Waals surface area contributed by atoms with Crippen LogP contribution in [-0.2, 0) is 22.8 Å². The summed E-state index contributed by atoms with van der Waals surface area (Å²) in [5.41, 5.74) is 4.47. The molecule has 3 aromatic rings. The standard InChI is InChI=1S/C22H22N4O4S/c1-29-21-18(3-2-8-23-21)31(28)25-20-16-10-22(6-7-22)17-5-4-13(26-11-14(27)12-26)9-15(17)19(16)30-24-20/h2-5,8-9,14,27H,6-7,10-12H2,1H3,(H,24,25). The molecule has 2 fully saturated rings. The molecule has 1 aromatic carbocycles. The Hall–Kier alpha value is -2.91. The van der Waals surface area contributed by atoms with Gasteiger partial charge in [-0.25, -0.2) is 9.19 Å². The number of anilines is 2. The number of hydrogen-bond acceptors (Lipinski definition) is 7. The molecule has 1 saturated heterocycles. The van der Waals surface area contributed by atoms with Crippen LogP contribution >= 0.6 is 0 Å². The normalized spacial score (nSPS) is 19.4. The second-order valence-corrected chi connectivity index (χ2v) is 9.65. The lowest BCUT2D eigenvalue weighted by Crippen LogP contribution is -2.50. The number of β-amino-alcohol motifs (C(OH)–C–C–N with tert-alkyl or cyclic N) is 1. The number of ether oxygens (including phenoxy) is 1. The van der Waals surface area contributed by atoms with Crippen molar-refractivity contribution in [3.8, 4) is 17.2 Å². The minimum absolute atomic E-state index is 0.102. The number of aliphatic hydroxyl groups excluding tert-OH is 1. The van der Waals surface area contributed by atoms with Crippen molar-refractivity contribution in [1.29, 1.82) is 0 Å². The molecular formula is C22H22N4O4S. The number of benzene rings is 1. The van der Waals surface area contributed by atoms with Crippen LogP contribution in [0.15, 0.2) is 45.9 Å². The molecule has 2 N–H and O–H groups in total. The molecule has 1 aliphatic heterocycles. The van der Waals surface area contributed by atoms with Gasteiger partial charge in [-0.05, 0) is 49.1 Å². The van der Waals surface area contributed by atoms with E-state index in [-0.39, 0.29) is 11.5 Å². The van der Waals surface area contributed by atoms with Gasteiger partial charge in [-0.3, -0.25) is 4.72 Å². The molecule has 9 heteroatoms. The molecule has 2 aliphatic carbocycles. The Balaban J connectivity index is 1.36. The number of nitrogens with one attached hydrogen (secondary N) is 1. The predicted molar refractivity (Wildman–Crippen MR) is 116 cm³/mol. The molecule has 1 atom stereocenters. The minimum Gasteiger partial charge on any atom is -0.480 e. The van der Waals surface area contributed by atoms with Crippen LogP contribution in [-0.4, -0.2) is 45.8 Å². The van der Waals surface area contributed by atoms with Crippen LogP contribution in [0.5, 0.6) is 5.88 Å². The van der Waals surface area contributed by atoms with Gasteiger partial charge < -0.3 is 19.3 Å². The highest BCUT2D eigenvalue weighted by Gasteiger charge is 2.50. The van der Waals surface area contributed by atoms with Crippen LogP contribution in [0, 0.1) is 0 Å². The van der Waals surface area contributed by atoms with E-state index in [4.69, 9.17) is 9.26 Å². The largest absolute Gasteiger partial charge is 0.480 e. The molecule has 6 rings (SSSR count). The van der Waals surface area contributed by atoms with E-state index >= 15 is 0 Å². The summed E-state index contributed by atoms with van der Waals surface area (Å²) in [7, 11) is -0.0850. The Bertz CT molecular complexity index is 1200. The first-order valence-corrected chi connectivity index (χ1v) is 11.5. The number of aromatic nitrogens is 2. The van der Waals surface area contributed by atoms with E-state index in [0.717, 1.165) is 41.8 Å². The zero-order valence-electron chi connectivity index (χ0n) is 17.0.